The van der Waals surface area contributed by atoms with Crippen LogP contribution < -0.4 is 14.4 Å². The Balaban J connectivity index is 2.02. The largest absolute Gasteiger partial charge is 0.497 e. The Bertz CT molecular complexity index is 1420. The van der Waals surface area contributed by atoms with Crippen LogP contribution in [0.1, 0.15) is 32.8 Å². The first-order valence-electron chi connectivity index (χ1n) is 12.7. The minimum atomic E-state index is -4.22. The molecule has 2 amide bonds. The van der Waals surface area contributed by atoms with Crippen LogP contribution in [0.15, 0.2) is 77.7 Å². The molecule has 0 aliphatic rings. The molecule has 3 aromatic carbocycles. The minimum Gasteiger partial charge on any atom is -0.497 e. The fourth-order valence-electron chi connectivity index (χ4n) is 3.87. The maximum Gasteiger partial charge on any atom is 0.264 e. The fraction of sp³-hybridized carbons (Fsp3) is 0.310. The first kappa shape index (κ1) is 31.3. The number of halogens is 2. The van der Waals surface area contributed by atoms with Gasteiger partial charge in [0.25, 0.3) is 10.0 Å². The third-order valence-corrected chi connectivity index (χ3v) is 8.73. The molecule has 11 heteroatoms. The van der Waals surface area contributed by atoms with Crippen molar-refractivity contribution in [3.05, 3.63) is 88.4 Å². The maximum absolute atomic E-state index is 13.9. The first-order valence-corrected chi connectivity index (χ1v) is 14.9. The van der Waals surface area contributed by atoms with E-state index in [-0.39, 0.29) is 29.1 Å². The van der Waals surface area contributed by atoms with Crippen molar-refractivity contribution in [2.24, 2.45) is 0 Å². The molecule has 0 heterocycles. The summed E-state index contributed by atoms with van der Waals surface area (Å²) in [5.41, 5.74) is 0.948. The van der Waals surface area contributed by atoms with E-state index < -0.39 is 28.5 Å². The van der Waals surface area contributed by atoms with Gasteiger partial charge in [-0.1, -0.05) is 48.3 Å². The van der Waals surface area contributed by atoms with Gasteiger partial charge in [-0.2, -0.15) is 0 Å². The van der Waals surface area contributed by atoms with E-state index in [1.165, 1.54) is 35.2 Å². The summed E-state index contributed by atoms with van der Waals surface area (Å²) in [6.45, 7) is 4.95. The van der Waals surface area contributed by atoms with Gasteiger partial charge in [-0.3, -0.25) is 13.9 Å². The number of carbonyl (C=O) groups excluding carboxylic acids is 2. The maximum atomic E-state index is 13.9. The average molecular weight is 607 g/mol. The van der Waals surface area contributed by atoms with Gasteiger partial charge in [0.2, 0.25) is 11.8 Å². The summed E-state index contributed by atoms with van der Waals surface area (Å²) in [7, 11) is -2.66. The van der Waals surface area contributed by atoms with Gasteiger partial charge in [-0.05, 0) is 80.4 Å². The smallest absolute Gasteiger partial charge is 0.264 e. The van der Waals surface area contributed by atoms with E-state index >= 15 is 0 Å². The van der Waals surface area contributed by atoms with Crippen molar-refractivity contribution >= 4 is 50.7 Å². The molecule has 2 atom stereocenters. The Hall–Kier alpha value is -3.27. The lowest BCUT2D eigenvalue weighted by atomic mass is 10.1. The number of carbonyl (C=O) groups is 2. The predicted octanol–water partition coefficient (Wildman–Crippen LogP) is 5.53. The number of nitrogens with zero attached hydrogens (tertiary/aromatic N) is 2. The van der Waals surface area contributed by atoms with Crippen LogP contribution in [0.4, 0.5) is 5.69 Å². The molecule has 3 rings (SSSR count). The molecule has 0 bridgehead atoms. The zero-order valence-corrected chi connectivity index (χ0v) is 25.1. The SMILES string of the molecule is CC[C@@H](C)NC(=O)[C@H](C)N(Cc1ccc(OC)cc1)C(=O)CN(c1cccc(Cl)c1)S(=O)(=O)c1ccc(Cl)cc1. The van der Waals surface area contributed by atoms with Crippen LogP contribution in [0.25, 0.3) is 0 Å². The third-order valence-electron chi connectivity index (χ3n) is 6.46. The first-order chi connectivity index (χ1) is 19.0. The number of rotatable bonds is 12. The van der Waals surface area contributed by atoms with Gasteiger partial charge in [-0.15, -0.1) is 0 Å². The Labute approximate surface area is 245 Å². The van der Waals surface area contributed by atoms with E-state index in [1.807, 2.05) is 13.8 Å². The number of hydrogen-bond donors (Lipinski definition) is 1. The Morgan fingerprint density at radius 1 is 0.950 bits per heavy atom. The number of hydrogen-bond acceptors (Lipinski definition) is 5. The topological polar surface area (TPSA) is 96.0 Å². The summed E-state index contributed by atoms with van der Waals surface area (Å²) in [5, 5.41) is 3.58. The van der Waals surface area contributed by atoms with Gasteiger partial charge < -0.3 is 15.0 Å². The van der Waals surface area contributed by atoms with Gasteiger partial charge in [0.05, 0.1) is 17.7 Å². The van der Waals surface area contributed by atoms with Crippen LogP contribution in [0.5, 0.6) is 5.75 Å². The summed E-state index contributed by atoms with van der Waals surface area (Å²) < 4.78 is 33.8. The fourth-order valence-corrected chi connectivity index (χ4v) is 5.59. The number of benzene rings is 3. The van der Waals surface area contributed by atoms with Crippen LogP contribution in [-0.2, 0) is 26.2 Å². The number of amides is 2. The zero-order valence-electron chi connectivity index (χ0n) is 22.8. The highest BCUT2D eigenvalue weighted by Crippen LogP contribution is 2.27. The zero-order chi connectivity index (χ0) is 29.4. The lowest BCUT2D eigenvalue weighted by Crippen LogP contribution is -2.52. The molecule has 1 N–H and O–H groups in total. The molecule has 214 valence electrons. The lowest BCUT2D eigenvalue weighted by molar-refractivity contribution is -0.139. The van der Waals surface area contributed by atoms with Crippen molar-refractivity contribution in [3.63, 3.8) is 0 Å². The molecule has 8 nitrogen and oxygen atoms in total. The molecule has 0 fully saturated rings. The van der Waals surface area contributed by atoms with Gasteiger partial charge in [0.15, 0.2) is 0 Å². The third kappa shape index (κ3) is 7.90. The van der Waals surface area contributed by atoms with Crippen molar-refractivity contribution in [1.82, 2.24) is 10.2 Å². The minimum absolute atomic E-state index is 0.0473. The van der Waals surface area contributed by atoms with Gasteiger partial charge in [-0.25, -0.2) is 8.42 Å². The van der Waals surface area contributed by atoms with Crippen LogP contribution in [0.2, 0.25) is 10.0 Å². The molecular weight excluding hydrogens is 573 g/mol. The number of sulfonamides is 1. The number of anilines is 1. The molecule has 3 aromatic rings. The predicted molar refractivity (Wildman–Crippen MR) is 158 cm³/mol. The standard InChI is InChI=1S/C29H33Cl2N3O5S/c1-5-20(2)32-29(36)21(3)33(18-22-9-13-26(39-4)14-10-22)28(35)19-34(25-8-6-7-24(31)17-25)40(37,38)27-15-11-23(30)12-16-27/h6-17,20-21H,5,18-19H2,1-4H3,(H,32,36)/t20-,21+/m1/s1. The second-order valence-corrected chi connectivity index (χ2v) is 12.0. The molecule has 0 saturated carbocycles. The molecule has 0 unspecified atom stereocenters. The molecule has 0 spiro atoms. The molecule has 0 aliphatic heterocycles. The number of nitrogens with one attached hydrogen (secondary N) is 1. The van der Waals surface area contributed by atoms with Crippen LogP contribution in [0, 0.1) is 0 Å². The summed E-state index contributed by atoms with van der Waals surface area (Å²) in [6, 6.07) is 18.0. The van der Waals surface area contributed by atoms with E-state index in [0.29, 0.717) is 22.2 Å². The average Bonchev–Trinajstić information content (AvgIpc) is 2.94. The van der Waals surface area contributed by atoms with Crippen molar-refractivity contribution in [1.29, 1.82) is 0 Å². The monoisotopic (exact) mass is 605 g/mol. The Kier molecular flexibility index (Phi) is 10.8. The van der Waals surface area contributed by atoms with Crippen LogP contribution >= 0.6 is 23.2 Å². The number of methoxy groups -OCH3 is 1. The van der Waals surface area contributed by atoms with E-state index in [1.54, 1.807) is 56.5 Å². The van der Waals surface area contributed by atoms with Gasteiger partial charge in [0.1, 0.15) is 18.3 Å². The van der Waals surface area contributed by atoms with Gasteiger partial charge >= 0.3 is 0 Å². The van der Waals surface area contributed by atoms with Crippen LogP contribution in [-0.4, -0.2) is 50.9 Å². The lowest BCUT2D eigenvalue weighted by Gasteiger charge is -2.32. The normalized spacial score (nSPS) is 12.8. The summed E-state index contributed by atoms with van der Waals surface area (Å²) in [6.07, 6.45) is 0.715. The highest BCUT2D eigenvalue weighted by atomic mass is 35.5. The van der Waals surface area contributed by atoms with E-state index in [0.717, 1.165) is 9.87 Å². The van der Waals surface area contributed by atoms with Crippen molar-refractivity contribution in [3.8, 4) is 5.75 Å². The van der Waals surface area contributed by atoms with Crippen LogP contribution in [0.3, 0.4) is 0 Å². The quantitative estimate of drug-likeness (QED) is 0.293. The van der Waals surface area contributed by atoms with E-state index in [9.17, 15) is 18.0 Å². The van der Waals surface area contributed by atoms with Gasteiger partial charge in [0, 0.05) is 22.6 Å². The molecule has 0 aromatic heterocycles. The molecular formula is C29H33Cl2N3O5S. The summed E-state index contributed by atoms with van der Waals surface area (Å²) >= 11 is 12.2. The Morgan fingerprint density at radius 3 is 2.17 bits per heavy atom. The summed E-state index contributed by atoms with van der Waals surface area (Å²) in [5.74, 6) is -0.267. The Morgan fingerprint density at radius 2 is 1.60 bits per heavy atom. The molecule has 0 radical (unpaired) electrons. The second kappa shape index (κ2) is 13.9. The highest BCUT2D eigenvalue weighted by Gasteiger charge is 2.33. The van der Waals surface area contributed by atoms with Crippen molar-refractivity contribution < 1.29 is 22.7 Å². The molecule has 40 heavy (non-hydrogen) atoms. The van der Waals surface area contributed by atoms with E-state index in [4.69, 9.17) is 27.9 Å². The van der Waals surface area contributed by atoms with Crippen molar-refractivity contribution in [2.45, 2.75) is 50.7 Å². The summed E-state index contributed by atoms with van der Waals surface area (Å²) in [4.78, 5) is 28.4. The molecule has 0 aliphatic carbocycles. The highest BCUT2D eigenvalue weighted by molar-refractivity contribution is 7.92. The van der Waals surface area contributed by atoms with E-state index in [2.05, 4.69) is 5.32 Å². The number of ether oxygens (including phenoxy) is 1. The second-order valence-electron chi connectivity index (χ2n) is 9.31. The molecule has 0 saturated heterocycles. The van der Waals surface area contributed by atoms with Crippen molar-refractivity contribution in [2.75, 3.05) is 18.0 Å².